The van der Waals surface area contributed by atoms with Crippen LogP contribution in [-0.4, -0.2) is 16.1 Å². The summed E-state index contributed by atoms with van der Waals surface area (Å²) in [7, 11) is 0. The molecular formula is C13H8F3NO2. The molecule has 0 aliphatic carbocycles. The van der Waals surface area contributed by atoms with E-state index < -0.39 is 17.7 Å². The molecule has 0 unspecified atom stereocenters. The molecule has 19 heavy (non-hydrogen) atoms. The molecule has 98 valence electrons. The van der Waals surface area contributed by atoms with Crippen LogP contribution in [-0.2, 0) is 6.18 Å². The van der Waals surface area contributed by atoms with Crippen molar-refractivity contribution in [1.82, 2.24) is 4.98 Å². The van der Waals surface area contributed by atoms with E-state index in [0.717, 1.165) is 18.2 Å². The number of pyridine rings is 1. The van der Waals surface area contributed by atoms with Crippen LogP contribution in [0.25, 0.3) is 11.1 Å². The van der Waals surface area contributed by atoms with Crippen LogP contribution in [0.4, 0.5) is 13.2 Å². The zero-order valence-electron chi connectivity index (χ0n) is 9.48. The average molecular weight is 267 g/mol. The van der Waals surface area contributed by atoms with Crippen molar-refractivity contribution in [3.05, 3.63) is 53.9 Å². The third-order valence-electron chi connectivity index (χ3n) is 2.56. The van der Waals surface area contributed by atoms with Gasteiger partial charge in [-0.1, -0.05) is 0 Å². The van der Waals surface area contributed by atoms with E-state index in [4.69, 9.17) is 5.11 Å². The van der Waals surface area contributed by atoms with E-state index in [9.17, 15) is 18.0 Å². The number of alkyl halides is 3. The Balaban J connectivity index is 2.67. The second kappa shape index (κ2) is 4.72. The summed E-state index contributed by atoms with van der Waals surface area (Å²) in [6, 6.07) is 5.53. The van der Waals surface area contributed by atoms with Crippen LogP contribution >= 0.6 is 0 Å². The zero-order valence-corrected chi connectivity index (χ0v) is 9.48. The van der Waals surface area contributed by atoms with Gasteiger partial charge in [0, 0.05) is 12.4 Å². The highest BCUT2D eigenvalue weighted by atomic mass is 19.4. The summed E-state index contributed by atoms with van der Waals surface area (Å²) >= 11 is 0. The molecule has 2 rings (SSSR count). The van der Waals surface area contributed by atoms with Crippen molar-refractivity contribution in [2.24, 2.45) is 0 Å². The van der Waals surface area contributed by atoms with Gasteiger partial charge in [0.05, 0.1) is 11.1 Å². The summed E-state index contributed by atoms with van der Waals surface area (Å²) in [6.07, 6.45) is -1.85. The number of carboxylic acid groups (broad SMARTS) is 1. The summed E-state index contributed by atoms with van der Waals surface area (Å²) in [5.41, 5.74) is -0.969. The average Bonchev–Trinajstić information content (AvgIpc) is 2.38. The molecule has 0 bridgehead atoms. The molecule has 0 aliphatic heterocycles. The van der Waals surface area contributed by atoms with Gasteiger partial charge >= 0.3 is 12.1 Å². The lowest BCUT2D eigenvalue weighted by atomic mass is 9.97. The first-order chi connectivity index (χ1) is 8.89. The highest BCUT2D eigenvalue weighted by molar-refractivity contribution is 5.90. The Morgan fingerprint density at radius 2 is 1.74 bits per heavy atom. The molecule has 0 saturated carbocycles. The van der Waals surface area contributed by atoms with Crippen molar-refractivity contribution >= 4 is 5.97 Å². The van der Waals surface area contributed by atoms with Crippen molar-refractivity contribution in [1.29, 1.82) is 0 Å². The van der Waals surface area contributed by atoms with Crippen LogP contribution in [0.3, 0.4) is 0 Å². The van der Waals surface area contributed by atoms with Gasteiger partial charge in [-0.2, -0.15) is 13.2 Å². The van der Waals surface area contributed by atoms with E-state index in [1.807, 2.05) is 0 Å². The highest BCUT2D eigenvalue weighted by Crippen LogP contribution is 2.37. The molecule has 6 heteroatoms. The molecule has 3 nitrogen and oxygen atoms in total. The molecule has 2 aromatic rings. The third kappa shape index (κ3) is 2.73. The first kappa shape index (κ1) is 13.1. The molecule has 0 radical (unpaired) electrons. The number of carboxylic acids is 1. The van der Waals surface area contributed by atoms with Gasteiger partial charge in [0.1, 0.15) is 0 Å². The molecule has 0 spiro atoms. The first-order valence-corrected chi connectivity index (χ1v) is 5.24. The largest absolute Gasteiger partial charge is 0.478 e. The molecule has 0 amide bonds. The van der Waals surface area contributed by atoms with Crippen LogP contribution in [0.5, 0.6) is 0 Å². The van der Waals surface area contributed by atoms with Gasteiger partial charge in [-0.15, -0.1) is 0 Å². The minimum atomic E-state index is -4.55. The molecule has 0 fully saturated rings. The van der Waals surface area contributed by atoms with Gasteiger partial charge in [0.15, 0.2) is 0 Å². The number of aromatic nitrogens is 1. The minimum Gasteiger partial charge on any atom is -0.478 e. The molecule has 1 heterocycles. The van der Waals surface area contributed by atoms with Crippen LogP contribution in [0.2, 0.25) is 0 Å². The molecule has 1 N–H and O–H groups in total. The van der Waals surface area contributed by atoms with Crippen LogP contribution in [0.15, 0.2) is 42.7 Å². The summed E-state index contributed by atoms with van der Waals surface area (Å²) in [4.78, 5) is 14.6. The molecule has 1 aromatic carbocycles. The van der Waals surface area contributed by atoms with E-state index in [0.29, 0.717) is 0 Å². The Morgan fingerprint density at radius 3 is 2.26 bits per heavy atom. The van der Waals surface area contributed by atoms with E-state index in [1.54, 1.807) is 0 Å². The van der Waals surface area contributed by atoms with Crippen LogP contribution in [0, 0.1) is 0 Å². The van der Waals surface area contributed by atoms with Gasteiger partial charge in [0.25, 0.3) is 0 Å². The van der Waals surface area contributed by atoms with Gasteiger partial charge in [0.2, 0.25) is 0 Å². The Bertz CT molecular complexity index is 609. The van der Waals surface area contributed by atoms with Crippen molar-refractivity contribution < 1.29 is 23.1 Å². The summed E-state index contributed by atoms with van der Waals surface area (Å²) in [6.45, 7) is 0. The van der Waals surface area contributed by atoms with Gasteiger partial charge < -0.3 is 5.11 Å². The Labute approximate surface area is 106 Å². The summed E-state index contributed by atoms with van der Waals surface area (Å²) in [5.74, 6) is -1.27. The quantitative estimate of drug-likeness (QED) is 0.906. The first-order valence-electron chi connectivity index (χ1n) is 5.24. The van der Waals surface area contributed by atoms with Crippen molar-refractivity contribution in [2.75, 3.05) is 0 Å². The van der Waals surface area contributed by atoms with Crippen molar-refractivity contribution in [3.8, 4) is 11.1 Å². The number of benzene rings is 1. The fourth-order valence-electron chi connectivity index (χ4n) is 1.69. The minimum absolute atomic E-state index is 0.171. The molecular weight excluding hydrogens is 259 g/mol. The van der Waals surface area contributed by atoms with E-state index in [1.165, 1.54) is 24.5 Å². The van der Waals surface area contributed by atoms with Gasteiger partial charge in [-0.25, -0.2) is 4.79 Å². The second-order valence-corrected chi connectivity index (χ2v) is 3.80. The summed E-state index contributed by atoms with van der Waals surface area (Å²) < 4.78 is 38.7. The van der Waals surface area contributed by atoms with Crippen LogP contribution in [0.1, 0.15) is 15.9 Å². The smallest absolute Gasteiger partial charge is 0.417 e. The Hall–Kier alpha value is -2.37. The van der Waals surface area contributed by atoms with Gasteiger partial charge in [-0.05, 0) is 41.5 Å². The lowest BCUT2D eigenvalue weighted by Crippen LogP contribution is -2.09. The normalized spacial score (nSPS) is 11.3. The topological polar surface area (TPSA) is 50.2 Å². The number of aromatic carboxylic acids is 1. The Kier molecular flexibility index (Phi) is 3.25. The summed E-state index contributed by atoms with van der Waals surface area (Å²) in [5, 5.41) is 8.86. The molecule has 0 saturated heterocycles. The fraction of sp³-hybridized carbons (Fsp3) is 0.0769. The number of carbonyl (C=O) groups is 1. The number of halogens is 3. The maximum absolute atomic E-state index is 12.9. The lowest BCUT2D eigenvalue weighted by molar-refractivity contribution is -0.137. The van der Waals surface area contributed by atoms with Crippen molar-refractivity contribution in [3.63, 3.8) is 0 Å². The van der Waals surface area contributed by atoms with E-state index in [2.05, 4.69) is 4.98 Å². The molecule has 0 atom stereocenters. The highest BCUT2D eigenvalue weighted by Gasteiger charge is 2.34. The fourth-order valence-corrected chi connectivity index (χ4v) is 1.69. The molecule has 1 aromatic heterocycles. The monoisotopic (exact) mass is 267 g/mol. The zero-order chi connectivity index (χ0) is 14.0. The second-order valence-electron chi connectivity index (χ2n) is 3.80. The van der Waals surface area contributed by atoms with Crippen LogP contribution < -0.4 is 0 Å². The van der Waals surface area contributed by atoms with E-state index >= 15 is 0 Å². The number of hydrogen-bond acceptors (Lipinski definition) is 2. The standard InChI is InChI=1S/C13H8F3NO2/c14-13(15,16)11-2-1-9(12(18)19)7-10(11)8-3-5-17-6-4-8/h1-7H,(H,18,19). The number of hydrogen-bond donors (Lipinski definition) is 1. The van der Waals surface area contributed by atoms with Crippen molar-refractivity contribution in [2.45, 2.75) is 6.18 Å². The number of nitrogens with zero attached hydrogens (tertiary/aromatic N) is 1. The SMILES string of the molecule is O=C(O)c1ccc(C(F)(F)F)c(-c2ccncc2)c1. The predicted octanol–water partition coefficient (Wildman–Crippen LogP) is 3.47. The van der Waals surface area contributed by atoms with E-state index in [-0.39, 0.29) is 16.7 Å². The lowest BCUT2D eigenvalue weighted by Gasteiger charge is -2.13. The maximum Gasteiger partial charge on any atom is 0.417 e. The number of rotatable bonds is 2. The third-order valence-corrected chi connectivity index (χ3v) is 2.56. The predicted molar refractivity (Wildman–Crippen MR) is 61.6 cm³/mol. The Morgan fingerprint density at radius 1 is 1.11 bits per heavy atom. The van der Waals surface area contributed by atoms with Gasteiger partial charge in [-0.3, -0.25) is 4.98 Å². The maximum atomic E-state index is 12.9. The molecule has 0 aliphatic rings.